The van der Waals surface area contributed by atoms with Crippen LogP contribution in [0.1, 0.15) is 59.8 Å². The number of rotatable bonds is 9. The van der Waals surface area contributed by atoms with Crippen molar-refractivity contribution in [2.24, 2.45) is 5.92 Å². The summed E-state index contributed by atoms with van der Waals surface area (Å²) in [5.41, 5.74) is 0. The van der Waals surface area contributed by atoms with Crippen LogP contribution >= 0.6 is 0 Å². The number of carbonyl (C=O) groups is 1. The van der Waals surface area contributed by atoms with Crippen LogP contribution in [0.5, 0.6) is 0 Å². The van der Waals surface area contributed by atoms with E-state index in [9.17, 15) is 4.79 Å². The van der Waals surface area contributed by atoms with Gasteiger partial charge >= 0.3 is 0 Å². The van der Waals surface area contributed by atoms with Gasteiger partial charge in [-0.05, 0) is 59.0 Å². The molecule has 0 bridgehead atoms. The molecule has 0 aromatic heterocycles. The molecule has 0 radical (unpaired) electrons. The highest BCUT2D eigenvalue weighted by Crippen LogP contribution is 2.16. The van der Waals surface area contributed by atoms with Gasteiger partial charge in [-0.1, -0.05) is 19.8 Å². The van der Waals surface area contributed by atoms with Crippen LogP contribution in [0.25, 0.3) is 0 Å². The summed E-state index contributed by atoms with van der Waals surface area (Å²) < 4.78 is 0. The molecular weight excluding hydrogens is 262 g/mol. The van der Waals surface area contributed by atoms with E-state index in [2.05, 4.69) is 36.3 Å². The van der Waals surface area contributed by atoms with Gasteiger partial charge in [0.15, 0.2) is 0 Å². The molecular formula is C17H35N3O. The Labute approximate surface area is 131 Å². The second-order valence-corrected chi connectivity index (χ2v) is 6.68. The number of nitrogens with zero attached hydrogens (tertiary/aromatic N) is 1. The maximum atomic E-state index is 12.3. The Morgan fingerprint density at radius 1 is 1.33 bits per heavy atom. The van der Waals surface area contributed by atoms with Gasteiger partial charge in [0.05, 0.1) is 6.04 Å². The Bertz CT molecular complexity index is 288. The van der Waals surface area contributed by atoms with E-state index in [0.717, 1.165) is 32.6 Å². The van der Waals surface area contributed by atoms with Crippen LogP contribution in [0.3, 0.4) is 0 Å². The van der Waals surface area contributed by atoms with E-state index in [0.29, 0.717) is 12.0 Å². The molecule has 1 fully saturated rings. The van der Waals surface area contributed by atoms with E-state index in [-0.39, 0.29) is 11.9 Å². The first kappa shape index (κ1) is 18.4. The first-order valence-electron chi connectivity index (χ1n) is 8.80. The zero-order valence-electron chi connectivity index (χ0n) is 14.5. The normalized spacial score (nSPS) is 20.8. The summed E-state index contributed by atoms with van der Waals surface area (Å²) in [5, 5.41) is 6.56. The zero-order chi connectivity index (χ0) is 15.7. The molecule has 1 aliphatic heterocycles. The lowest BCUT2D eigenvalue weighted by atomic mass is 9.97. The average molecular weight is 297 g/mol. The van der Waals surface area contributed by atoms with Crippen LogP contribution in [-0.2, 0) is 4.79 Å². The molecule has 1 aliphatic rings. The number of nitrogens with one attached hydrogen (secondary N) is 2. The van der Waals surface area contributed by atoms with E-state index in [1.807, 2.05) is 6.92 Å². The third kappa shape index (κ3) is 6.79. The second-order valence-electron chi connectivity index (χ2n) is 6.68. The first-order valence-corrected chi connectivity index (χ1v) is 8.80. The van der Waals surface area contributed by atoms with Crippen LogP contribution in [0.15, 0.2) is 0 Å². The number of piperidine rings is 1. The van der Waals surface area contributed by atoms with E-state index < -0.39 is 0 Å². The van der Waals surface area contributed by atoms with Gasteiger partial charge in [0.1, 0.15) is 0 Å². The summed E-state index contributed by atoms with van der Waals surface area (Å²) in [6, 6.07) is 0.372. The Morgan fingerprint density at radius 2 is 2.10 bits per heavy atom. The van der Waals surface area contributed by atoms with Gasteiger partial charge in [-0.3, -0.25) is 9.69 Å². The Kier molecular flexibility index (Phi) is 8.93. The zero-order valence-corrected chi connectivity index (χ0v) is 14.5. The third-order valence-electron chi connectivity index (χ3n) is 4.49. The van der Waals surface area contributed by atoms with Gasteiger partial charge in [0, 0.05) is 19.1 Å². The predicted molar refractivity (Wildman–Crippen MR) is 89.4 cm³/mol. The number of unbranched alkanes of at least 4 members (excludes halogenated alkanes) is 2. The fourth-order valence-electron chi connectivity index (χ4n) is 3.08. The summed E-state index contributed by atoms with van der Waals surface area (Å²) in [6.45, 7) is 12.7. The van der Waals surface area contributed by atoms with Crippen LogP contribution in [0, 0.1) is 5.92 Å². The standard InChI is InChI=1S/C17H35N3O/c1-5-6-7-11-19-17(21)15(4)20(14(2)3)13-16-9-8-10-18-12-16/h14-16,18H,5-13H2,1-4H3,(H,19,21). The number of hydrogen-bond acceptors (Lipinski definition) is 3. The van der Waals surface area contributed by atoms with Gasteiger partial charge < -0.3 is 10.6 Å². The van der Waals surface area contributed by atoms with Crippen molar-refractivity contribution < 1.29 is 4.79 Å². The largest absolute Gasteiger partial charge is 0.355 e. The van der Waals surface area contributed by atoms with Crippen molar-refractivity contribution in [2.45, 2.75) is 71.9 Å². The Balaban J connectivity index is 2.43. The number of amides is 1. The molecule has 1 amide bonds. The van der Waals surface area contributed by atoms with Crippen molar-refractivity contribution in [3.63, 3.8) is 0 Å². The van der Waals surface area contributed by atoms with Crippen LogP contribution in [0.2, 0.25) is 0 Å². The highest BCUT2D eigenvalue weighted by atomic mass is 16.2. The van der Waals surface area contributed by atoms with E-state index in [4.69, 9.17) is 0 Å². The monoisotopic (exact) mass is 297 g/mol. The maximum absolute atomic E-state index is 12.3. The molecule has 0 spiro atoms. The molecule has 1 rings (SSSR count). The van der Waals surface area contributed by atoms with Crippen molar-refractivity contribution in [2.75, 3.05) is 26.2 Å². The molecule has 2 unspecified atom stereocenters. The fraction of sp³-hybridized carbons (Fsp3) is 0.941. The lowest BCUT2D eigenvalue weighted by Gasteiger charge is -2.36. The summed E-state index contributed by atoms with van der Waals surface area (Å²) in [5.74, 6) is 0.861. The first-order chi connectivity index (χ1) is 10.1. The molecule has 0 aromatic carbocycles. The minimum Gasteiger partial charge on any atom is -0.355 e. The molecule has 1 heterocycles. The molecule has 4 heteroatoms. The van der Waals surface area contributed by atoms with Crippen LogP contribution in [0.4, 0.5) is 0 Å². The van der Waals surface area contributed by atoms with Gasteiger partial charge in [-0.2, -0.15) is 0 Å². The molecule has 2 atom stereocenters. The van der Waals surface area contributed by atoms with E-state index >= 15 is 0 Å². The van der Waals surface area contributed by atoms with Crippen molar-refractivity contribution in [1.29, 1.82) is 0 Å². The lowest BCUT2D eigenvalue weighted by Crippen LogP contribution is -2.51. The quantitative estimate of drug-likeness (QED) is 0.642. The van der Waals surface area contributed by atoms with Crippen molar-refractivity contribution in [1.82, 2.24) is 15.5 Å². The van der Waals surface area contributed by atoms with Gasteiger partial charge in [0.2, 0.25) is 5.91 Å². The summed E-state index contributed by atoms with van der Waals surface area (Å²) >= 11 is 0. The van der Waals surface area contributed by atoms with Crippen molar-refractivity contribution >= 4 is 5.91 Å². The molecule has 21 heavy (non-hydrogen) atoms. The van der Waals surface area contributed by atoms with Gasteiger partial charge in [-0.25, -0.2) is 0 Å². The van der Waals surface area contributed by atoms with Crippen LogP contribution < -0.4 is 10.6 Å². The third-order valence-corrected chi connectivity index (χ3v) is 4.49. The Hall–Kier alpha value is -0.610. The maximum Gasteiger partial charge on any atom is 0.237 e. The average Bonchev–Trinajstić information content (AvgIpc) is 2.49. The topological polar surface area (TPSA) is 44.4 Å². The molecule has 4 nitrogen and oxygen atoms in total. The highest BCUT2D eigenvalue weighted by molar-refractivity contribution is 5.81. The highest BCUT2D eigenvalue weighted by Gasteiger charge is 2.26. The smallest absolute Gasteiger partial charge is 0.237 e. The van der Waals surface area contributed by atoms with Crippen molar-refractivity contribution in [3.05, 3.63) is 0 Å². The van der Waals surface area contributed by atoms with Gasteiger partial charge in [-0.15, -0.1) is 0 Å². The molecule has 0 saturated carbocycles. The van der Waals surface area contributed by atoms with Crippen LogP contribution in [-0.4, -0.2) is 49.1 Å². The van der Waals surface area contributed by atoms with Crippen molar-refractivity contribution in [3.8, 4) is 0 Å². The Morgan fingerprint density at radius 3 is 2.67 bits per heavy atom. The van der Waals surface area contributed by atoms with E-state index in [1.54, 1.807) is 0 Å². The predicted octanol–water partition coefficient (Wildman–Crippen LogP) is 2.39. The SMILES string of the molecule is CCCCCNC(=O)C(C)N(CC1CCCNC1)C(C)C. The summed E-state index contributed by atoms with van der Waals surface area (Å²) in [6.07, 6.45) is 6.01. The second kappa shape index (κ2) is 10.2. The summed E-state index contributed by atoms with van der Waals surface area (Å²) in [4.78, 5) is 14.7. The summed E-state index contributed by atoms with van der Waals surface area (Å²) in [7, 11) is 0. The molecule has 2 N–H and O–H groups in total. The molecule has 124 valence electrons. The molecule has 1 saturated heterocycles. The molecule has 0 aromatic rings. The van der Waals surface area contributed by atoms with E-state index in [1.165, 1.54) is 25.7 Å². The lowest BCUT2D eigenvalue weighted by molar-refractivity contribution is -0.126. The minimum absolute atomic E-state index is 0.0337. The number of carbonyl (C=O) groups excluding carboxylic acids is 1. The van der Waals surface area contributed by atoms with Gasteiger partial charge in [0.25, 0.3) is 0 Å². The minimum atomic E-state index is -0.0337. The number of hydrogen-bond donors (Lipinski definition) is 2. The fourth-order valence-corrected chi connectivity index (χ4v) is 3.08. The molecule has 0 aliphatic carbocycles.